The monoisotopic (exact) mass is 516 g/mol. The van der Waals surface area contributed by atoms with Gasteiger partial charge in [-0.15, -0.1) is 0 Å². The number of rotatable bonds is 5. The molecule has 0 saturated carbocycles. The summed E-state index contributed by atoms with van der Waals surface area (Å²) in [6.07, 6.45) is 4.43. The largest absolute Gasteiger partial charge is 0.491 e. The zero-order valence-electron chi connectivity index (χ0n) is 21.6. The Labute approximate surface area is 221 Å². The van der Waals surface area contributed by atoms with Crippen LogP contribution in [-0.2, 0) is 22.6 Å². The summed E-state index contributed by atoms with van der Waals surface area (Å²) in [5.74, 6) is -0.234. The fourth-order valence-electron chi connectivity index (χ4n) is 6.14. The fraction of sp³-hybridized carbons (Fsp3) is 0.448. The highest BCUT2D eigenvalue weighted by molar-refractivity contribution is 6.05. The molecule has 0 radical (unpaired) electrons. The molecule has 1 N–H and O–H groups in total. The maximum absolute atomic E-state index is 13.5. The third-order valence-corrected chi connectivity index (χ3v) is 8.28. The van der Waals surface area contributed by atoms with Gasteiger partial charge in [-0.1, -0.05) is 0 Å². The molecule has 4 heterocycles. The third-order valence-electron chi connectivity index (χ3n) is 8.28. The second kappa shape index (κ2) is 9.78. The van der Waals surface area contributed by atoms with Gasteiger partial charge in [0.05, 0.1) is 6.04 Å². The Morgan fingerprint density at radius 2 is 1.87 bits per heavy atom. The van der Waals surface area contributed by atoms with E-state index in [1.54, 1.807) is 12.1 Å². The Morgan fingerprint density at radius 1 is 1.00 bits per heavy atom. The van der Waals surface area contributed by atoms with Crippen LogP contribution in [0.25, 0.3) is 0 Å². The van der Waals surface area contributed by atoms with E-state index < -0.39 is 11.9 Å². The van der Waals surface area contributed by atoms with E-state index in [9.17, 15) is 19.2 Å². The summed E-state index contributed by atoms with van der Waals surface area (Å²) in [4.78, 5) is 56.0. The molecule has 6 rings (SSSR count). The van der Waals surface area contributed by atoms with Crippen molar-refractivity contribution in [2.24, 2.45) is 0 Å². The van der Waals surface area contributed by atoms with E-state index in [1.807, 2.05) is 23.1 Å². The summed E-state index contributed by atoms with van der Waals surface area (Å²) in [7, 11) is 2.08. The van der Waals surface area contributed by atoms with E-state index in [-0.39, 0.29) is 30.2 Å². The minimum atomic E-state index is -0.640. The number of ether oxygens (including phenoxy) is 1. The number of hydrogen-bond acceptors (Lipinski definition) is 6. The van der Waals surface area contributed by atoms with Gasteiger partial charge in [0.1, 0.15) is 18.4 Å². The standard InChI is InChI=1S/C29H32N4O5/c1-31-13-11-18-14-19(5-8-24(18)31)28(36)32-12-3-2-4-21(32)17-38-22-6-7-23-20(15-22)16-33(29(23)37)25-9-10-26(34)30-27(25)35/h5-8,14-15,21,25H,2-4,9-13,16-17H2,1H3,(H,30,34,35)/t21-,25?/m1/s1. The van der Waals surface area contributed by atoms with Crippen LogP contribution in [0.4, 0.5) is 5.69 Å². The Bertz CT molecular complexity index is 1320. The molecule has 0 spiro atoms. The topological polar surface area (TPSA) is 99.3 Å². The first kappa shape index (κ1) is 24.5. The molecule has 9 heteroatoms. The van der Waals surface area contributed by atoms with Crippen molar-refractivity contribution in [3.63, 3.8) is 0 Å². The molecule has 0 aliphatic carbocycles. The van der Waals surface area contributed by atoms with Gasteiger partial charge in [-0.25, -0.2) is 0 Å². The van der Waals surface area contributed by atoms with Gasteiger partial charge in [-0.2, -0.15) is 0 Å². The van der Waals surface area contributed by atoms with Gasteiger partial charge in [0.25, 0.3) is 11.8 Å². The number of likely N-dealkylation sites (tertiary alicyclic amines) is 1. The predicted molar refractivity (Wildman–Crippen MR) is 140 cm³/mol. The highest BCUT2D eigenvalue weighted by Crippen LogP contribution is 2.31. The van der Waals surface area contributed by atoms with Gasteiger partial charge < -0.3 is 19.4 Å². The molecule has 2 saturated heterocycles. The second-order valence-electron chi connectivity index (χ2n) is 10.7. The van der Waals surface area contributed by atoms with Crippen LogP contribution in [0.3, 0.4) is 0 Å². The lowest BCUT2D eigenvalue weighted by Gasteiger charge is -2.35. The molecule has 2 fully saturated rings. The third kappa shape index (κ3) is 4.40. The zero-order valence-corrected chi connectivity index (χ0v) is 21.6. The lowest BCUT2D eigenvalue weighted by molar-refractivity contribution is -0.136. The van der Waals surface area contributed by atoms with E-state index in [4.69, 9.17) is 4.74 Å². The van der Waals surface area contributed by atoms with Gasteiger partial charge in [0.15, 0.2) is 0 Å². The molecule has 0 aromatic heterocycles. The molecular weight excluding hydrogens is 484 g/mol. The predicted octanol–water partition coefficient (Wildman–Crippen LogP) is 2.51. The number of benzene rings is 2. The quantitative estimate of drug-likeness (QED) is 0.614. The number of imide groups is 1. The van der Waals surface area contributed by atoms with E-state index >= 15 is 0 Å². The molecule has 38 heavy (non-hydrogen) atoms. The van der Waals surface area contributed by atoms with Crippen molar-refractivity contribution in [1.82, 2.24) is 15.1 Å². The SMILES string of the molecule is CN1CCc2cc(C(=O)N3CCCC[C@@H]3COc3ccc4c(c3)CN(C3CCC(=O)NC3=O)C4=O)ccc21. The number of fused-ring (bicyclic) bond motifs is 2. The average Bonchev–Trinajstić information content (AvgIpc) is 3.46. The van der Waals surface area contributed by atoms with E-state index in [2.05, 4.69) is 23.3 Å². The molecule has 2 aromatic rings. The van der Waals surface area contributed by atoms with E-state index in [0.717, 1.165) is 43.4 Å². The summed E-state index contributed by atoms with van der Waals surface area (Å²) in [5, 5.41) is 2.33. The molecule has 198 valence electrons. The number of piperidine rings is 2. The minimum Gasteiger partial charge on any atom is -0.491 e. The molecule has 4 amide bonds. The molecule has 2 atom stereocenters. The molecular formula is C29H32N4O5. The number of nitrogens with zero attached hydrogens (tertiary/aromatic N) is 3. The van der Waals surface area contributed by atoms with Gasteiger partial charge in [0, 0.05) is 49.9 Å². The van der Waals surface area contributed by atoms with Crippen molar-refractivity contribution in [3.8, 4) is 5.75 Å². The maximum atomic E-state index is 13.5. The van der Waals surface area contributed by atoms with Crippen molar-refractivity contribution in [2.75, 3.05) is 31.6 Å². The summed E-state index contributed by atoms with van der Waals surface area (Å²) in [6.45, 7) is 2.37. The first-order valence-corrected chi connectivity index (χ1v) is 13.4. The number of hydrogen-bond donors (Lipinski definition) is 1. The van der Waals surface area contributed by atoms with E-state index in [0.29, 0.717) is 37.4 Å². The summed E-state index contributed by atoms with van der Waals surface area (Å²) < 4.78 is 6.17. The van der Waals surface area contributed by atoms with Crippen LogP contribution in [0.1, 0.15) is 63.9 Å². The van der Waals surface area contributed by atoms with Crippen molar-refractivity contribution in [3.05, 3.63) is 58.7 Å². The van der Waals surface area contributed by atoms with Crippen molar-refractivity contribution in [2.45, 2.75) is 57.2 Å². The lowest BCUT2D eigenvalue weighted by atomic mass is 10.00. The van der Waals surface area contributed by atoms with Gasteiger partial charge in [-0.3, -0.25) is 24.5 Å². The normalized spacial score (nSPS) is 22.9. The Kier molecular flexibility index (Phi) is 6.29. The first-order valence-electron chi connectivity index (χ1n) is 13.4. The number of amides is 4. The number of nitrogens with one attached hydrogen (secondary N) is 1. The van der Waals surface area contributed by atoms with Crippen LogP contribution in [0.5, 0.6) is 5.75 Å². The van der Waals surface area contributed by atoms with Gasteiger partial charge in [0.2, 0.25) is 11.8 Å². The van der Waals surface area contributed by atoms with Crippen LogP contribution in [0.15, 0.2) is 36.4 Å². The van der Waals surface area contributed by atoms with Crippen LogP contribution < -0.4 is 15.0 Å². The Morgan fingerprint density at radius 3 is 2.71 bits per heavy atom. The number of likely N-dealkylation sites (N-methyl/N-ethyl adjacent to an activating group) is 1. The number of carbonyl (C=O) groups is 4. The van der Waals surface area contributed by atoms with Crippen molar-refractivity contribution < 1.29 is 23.9 Å². The van der Waals surface area contributed by atoms with Gasteiger partial charge >= 0.3 is 0 Å². The Hall–Kier alpha value is -3.88. The zero-order chi connectivity index (χ0) is 26.4. The summed E-state index contributed by atoms with van der Waals surface area (Å²) >= 11 is 0. The summed E-state index contributed by atoms with van der Waals surface area (Å²) in [5.41, 5.74) is 4.51. The maximum Gasteiger partial charge on any atom is 0.255 e. The van der Waals surface area contributed by atoms with Crippen molar-refractivity contribution >= 4 is 29.3 Å². The first-order chi connectivity index (χ1) is 18.4. The van der Waals surface area contributed by atoms with Gasteiger partial charge in [-0.05, 0) is 79.6 Å². The lowest BCUT2D eigenvalue weighted by Crippen LogP contribution is -2.52. The molecule has 9 nitrogen and oxygen atoms in total. The van der Waals surface area contributed by atoms with Crippen LogP contribution in [0.2, 0.25) is 0 Å². The molecule has 2 aromatic carbocycles. The minimum absolute atomic E-state index is 0.0259. The summed E-state index contributed by atoms with van der Waals surface area (Å²) in [6, 6.07) is 10.7. The molecule has 0 bridgehead atoms. The van der Waals surface area contributed by atoms with Crippen LogP contribution >= 0.6 is 0 Å². The molecule has 1 unspecified atom stereocenters. The van der Waals surface area contributed by atoms with Crippen molar-refractivity contribution in [1.29, 1.82) is 0 Å². The van der Waals surface area contributed by atoms with E-state index in [1.165, 1.54) is 16.2 Å². The molecule has 4 aliphatic heterocycles. The Balaban J connectivity index is 1.12. The smallest absolute Gasteiger partial charge is 0.255 e. The fourth-order valence-corrected chi connectivity index (χ4v) is 6.14. The van der Waals surface area contributed by atoms with Crippen LogP contribution in [-0.4, -0.2) is 72.3 Å². The number of carbonyl (C=O) groups excluding carboxylic acids is 4. The average molecular weight is 517 g/mol. The molecule has 4 aliphatic rings. The van der Waals surface area contributed by atoms with Crippen LogP contribution in [0, 0.1) is 0 Å². The second-order valence-corrected chi connectivity index (χ2v) is 10.7. The number of anilines is 1. The highest BCUT2D eigenvalue weighted by Gasteiger charge is 2.39. The highest BCUT2D eigenvalue weighted by atomic mass is 16.5.